The number of hydrogen-bond acceptors (Lipinski definition) is 2. The average Bonchev–Trinajstić information content (AvgIpc) is 2.57. The zero-order chi connectivity index (χ0) is 14.9. The van der Waals surface area contributed by atoms with E-state index in [1.54, 1.807) is 17.8 Å². The Bertz CT molecular complexity index is 975. The molecule has 0 unspecified atom stereocenters. The molecule has 22 heavy (non-hydrogen) atoms. The van der Waals surface area contributed by atoms with Gasteiger partial charge in [-0.15, -0.1) is 0 Å². The summed E-state index contributed by atoms with van der Waals surface area (Å²) in [5.74, 6) is 0.330. The van der Waals surface area contributed by atoms with Gasteiger partial charge in [0.25, 0.3) is 0 Å². The fourth-order valence-electron chi connectivity index (χ4n) is 2.69. The van der Waals surface area contributed by atoms with Crippen molar-refractivity contribution in [3.05, 3.63) is 78.9 Å². The normalized spacial score (nSPS) is 11.1. The Morgan fingerprint density at radius 3 is 2.18 bits per heavy atom. The highest BCUT2D eigenvalue weighted by Gasteiger charge is 2.09. The minimum atomic E-state index is 0.330. The lowest BCUT2D eigenvalue weighted by molar-refractivity contribution is 0.464. The summed E-state index contributed by atoms with van der Waals surface area (Å²) >= 11 is 1.61. The summed E-state index contributed by atoms with van der Waals surface area (Å²) in [4.78, 5) is 2.04. The van der Waals surface area contributed by atoms with Crippen LogP contribution >= 0.6 is 11.8 Å². The quantitative estimate of drug-likeness (QED) is 0.501. The molecule has 0 aliphatic rings. The molecule has 0 bridgehead atoms. The van der Waals surface area contributed by atoms with Gasteiger partial charge in [-0.3, -0.25) is 0 Å². The molecule has 0 fully saturated rings. The van der Waals surface area contributed by atoms with E-state index in [1.807, 2.05) is 30.3 Å². The van der Waals surface area contributed by atoms with Crippen LogP contribution in [0.1, 0.15) is 0 Å². The Morgan fingerprint density at radius 1 is 0.636 bits per heavy atom. The van der Waals surface area contributed by atoms with Crippen molar-refractivity contribution in [2.24, 2.45) is 0 Å². The van der Waals surface area contributed by atoms with Gasteiger partial charge < -0.3 is 5.11 Å². The van der Waals surface area contributed by atoms with E-state index >= 15 is 0 Å². The zero-order valence-electron chi connectivity index (χ0n) is 11.9. The summed E-state index contributed by atoms with van der Waals surface area (Å²) in [7, 11) is 0. The van der Waals surface area contributed by atoms with E-state index in [9.17, 15) is 5.11 Å². The fraction of sp³-hybridized carbons (Fsp3) is 0. The van der Waals surface area contributed by atoms with Gasteiger partial charge in [0, 0.05) is 4.90 Å². The third-order valence-corrected chi connectivity index (χ3v) is 4.92. The van der Waals surface area contributed by atoms with Crippen LogP contribution in [0.4, 0.5) is 0 Å². The largest absolute Gasteiger partial charge is 0.507 e. The van der Waals surface area contributed by atoms with Crippen LogP contribution in [0.15, 0.2) is 88.7 Å². The first-order valence-corrected chi connectivity index (χ1v) is 8.00. The molecule has 106 valence electrons. The molecule has 1 N–H and O–H groups in total. The summed E-state index contributed by atoms with van der Waals surface area (Å²) in [5.41, 5.74) is 0. The second-order valence-electron chi connectivity index (χ2n) is 5.25. The topological polar surface area (TPSA) is 20.2 Å². The van der Waals surface area contributed by atoms with Crippen molar-refractivity contribution < 1.29 is 5.11 Å². The van der Waals surface area contributed by atoms with Gasteiger partial charge in [-0.05, 0) is 39.7 Å². The Hall–Kier alpha value is -2.45. The van der Waals surface area contributed by atoms with E-state index in [1.165, 1.54) is 10.8 Å². The van der Waals surface area contributed by atoms with Crippen molar-refractivity contribution in [2.75, 3.05) is 0 Å². The van der Waals surface area contributed by atoms with Crippen molar-refractivity contribution in [1.29, 1.82) is 0 Å². The lowest BCUT2D eigenvalue weighted by atomic mass is 10.1. The van der Waals surface area contributed by atoms with Crippen LogP contribution in [0.3, 0.4) is 0 Å². The lowest BCUT2D eigenvalue weighted by Gasteiger charge is -2.09. The summed E-state index contributed by atoms with van der Waals surface area (Å²) < 4.78 is 0. The third-order valence-electron chi connectivity index (χ3n) is 3.80. The summed E-state index contributed by atoms with van der Waals surface area (Å²) in [6.45, 7) is 0. The average molecular weight is 302 g/mol. The van der Waals surface area contributed by atoms with Crippen molar-refractivity contribution in [1.82, 2.24) is 0 Å². The molecule has 0 heterocycles. The van der Waals surface area contributed by atoms with Crippen LogP contribution in [0.5, 0.6) is 5.75 Å². The molecule has 0 aromatic heterocycles. The van der Waals surface area contributed by atoms with Gasteiger partial charge in [-0.2, -0.15) is 0 Å². The van der Waals surface area contributed by atoms with E-state index < -0.39 is 0 Å². The number of phenols is 1. The molecule has 0 amide bonds. The molecule has 1 nitrogen and oxygen atoms in total. The van der Waals surface area contributed by atoms with Crippen LogP contribution in [0.2, 0.25) is 0 Å². The van der Waals surface area contributed by atoms with Crippen molar-refractivity contribution in [3.8, 4) is 5.75 Å². The molecule has 0 spiro atoms. The fourth-order valence-corrected chi connectivity index (χ4v) is 3.71. The van der Waals surface area contributed by atoms with Crippen molar-refractivity contribution >= 4 is 33.3 Å². The molecule has 4 aromatic rings. The van der Waals surface area contributed by atoms with E-state index in [0.29, 0.717) is 5.75 Å². The monoisotopic (exact) mass is 302 g/mol. The predicted molar refractivity (Wildman–Crippen MR) is 93.7 cm³/mol. The minimum absolute atomic E-state index is 0.330. The van der Waals surface area contributed by atoms with Gasteiger partial charge in [0.15, 0.2) is 0 Å². The minimum Gasteiger partial charge on any atom is -0.507 e. The van der Waals surface area contributed by atoms with Gasteiger partial charge in [0.1, 0.15) is 5.75 Å². The number of fused-ring (bicyclic) bond motifs is 2. The number of benzene rings is 4. The Kier molecular flexibility index (Phi) is 3.24. The highest BCUT2D eigenvalue weighted by molar-refractivity contribution is 7.99. The van der Waals surface area contributed by atoms with Gasteiger partial charge >= 0.3 is 0 Å². The smallest absolute Gasteiger partial charge is 0.130 e. The van der Waals surface area contributed by atoms with E-state index in [0.717, 1.165) is 20.6 Å². The van der Waals surface area contributed by atoms with Crippen molar-refractivity contribution in [2.45, 2.75) is 9.79 Å². The van der Waals surface area contributed by atoms with Crippen LogP contribution < -0.4 is 0 Å². The SMILES string of the molecule is Oc1ccc2ccccc2c1Sc1ccc2ccccc2c1. The molecule has 0 saturated carbocycles. The standard InChI is InChI=1S/C20H14OS/c21-19-12-10-15-6-3-4-8-18(15)20(19)22-17-11-9-14-5-1-2-7-16(14)13-17/h1-13,21H. The second-order valence-corrected chi connectivity index (χ2v) is 6.33. The summed E-state index contributed by atoms with van der Waals surface area (Å²) in [6, 6.07) is 26.6. The van der Waals surface area contributed by atoms with E-state index in [4.69, 9.17) is 0 Å². The first kappa shape index (κ1) is 13.2. The highest BCUT2D eigenvalue weighted by Crippen LogP contribution is 2.40. The van der Waals surface area contributed by atoms with E-state index in [-0.39, 0.29) is 0 Å². The number of phenolic OH excluding ortho intramolecular Hbond substituents is 1. The zero-order valence-corrected chi connectivity index (χ0v) is 12.7. The Morgan fingerprint density at radius 2 is 1.32 bits per heavy atom. The van der Waals surface area contributed by atoms with Gasteiger partial charge in [0.05, 0.1) is 4.90 Å². The number of aromatic hydroxyl groups is 1. The first-order chi connectivity index (χ1) is 10.8. The van der Waals surface area contributed by atoms with Crippen LogP contribution in [0.25, 0.3) is 21.5 Å². The Labute approximate surface area is 133 Å². The van der Waals surface area contributed by atoms with Crippen molar-refractivity contribution in [3.63, 3.8) is 0 Å². The highest BCUT2D eigenvalue weighted by atomic mass is 32.2. The second kappa shape index (κ2) is 5.39. The molecule has 2 heteroatoms. The van der Waals surface area contributed by atoms with Gasteiger partial charge in [-0.25, -0.2) is 0 Å². The molecule has 0 aliphatic heterocycles. The maximum absolute atomic E-state index is 10.3. The third kappa shape index (κ3) is 2.32. The molecule has 0 atom stereocenters. The molecule has 0 aliphatic carbocycles. The number of rotatable bonds is 2. The molecule has 4 aromatic carbocycles. The van der Waals surface area contributed by atoms with Crippen LogP contribution in [-0.2, 0) is 0 Å². The predicted octanol–water partition coefficient (Wildman–Crippen LogP) is 5.85. The molecular formula is C20H14OS. The van der Waals surface area contributed by atoms with Gasteiger partial charge in [0.2, 0.25) is 0 Å². The molecule has 4 rings (SSSR count). The Balaban J connectivity index is 1.83. The molecular weight excluding hydrogens is 288 g/mol. The summed E-state index contributed by atoms with van der Waals surface area (Å²) in [5, 5.41) is 14.9. The summed E-state index contributed by atoms with van der Waals surface area (Å²) in [6.07, 6.45) is 0. The van der Waals surface area contributed by atoms with E-state index in [2.05, 4.69) is 42.5 Å². The van der Waals surface area contributed by atoms with Crippen LogP contribution in [0, 0.1) is 0 Å². The first-order valence-electron chi connectivity index (χ1n) is 7.19. The molecule has 0 radical (unpaired) electrons. The van der Waals surface area contributed by atoms with Gasteiger partial charge in [-0.1, -0.05) is 72.4 Å². The lowest BCUT2D eigenvalue weighted by Crippen LogP contribution is -1.81. The van der Waals surface area contributed by atoms with Crippen LogP contribution in [-0.4, -0.2) is 5.11 Å². The maximum atomic E-state index is 10.3. The molecule has 0 saturated heterocycles. The maximum Gasteiger partial charge on any atom is 0.130 e. The number of hydrogen-bond donors (Lipinski definition) is 1.